The van der Waals surface area contributed by atoms with Crippen LogP contribution in [0.15, 0.2) is 11.6 Å². The van der Waals surface area contributed by atoms with Crippen molar-refractivity contribution in [3.8, 4) is 0 Å². The summed E-state index contributed by atoms with van der Waals surface area (Å²) >= 11 is 0. The second-order valence-electron chi connectivity index (χ2n) is 20.8. The number of rotatable bonds is 6. The Balaban J connectivity index is 0.953. The lowest BCUT2D eigenvalue weighted by molar-refractivity contribution is -0.370. The topological polar surface area (TPSA) is 293 Å². The molecule has 28 atom stereocenters. The molecule has 10 N–H and O–H groups in total. The van der Waals surface area contributed by atoms with Crippen LogP contribution in [0.3, 0.4) is 0 Å². The van der Waals surface area contributed by atoms with E-state index in [9.17, 15) is 51.1 Å². The molecule has 1 spiro atoms. The Morgan fingerprint density at radius 1 is 0.730 bits per heavy atom. The molecule has 5 heterocycles. The molecule has 8 fully saturated rings. The fourth-order valence-corrected chi connectivity index (χ4v) is 13.7. The highest BCUT2D eigenvalue weighted by Crippen LogP contribution is 2.70. The smallest absolute Gasteiger partial charge is 0.200 e. The maximum atomic E-state index is 15.0. The molecule has 3 saturated carbocycles. The molecular weight excluding hydrogens is 832 g/mol. The first-order chi connectivity index (χ1) is 29.6. The number of hydrogen-bond donors (Lipinski definition) is 10. The fraction of sp³-hybridized carbons (Fsp3) is 0.932. The van der Waals surface area contributed by atoms with Crippen LogP contribution in [0.5, 0.6) is 0 Å². The van der Waals surface area contributed by atoms with Crippen LogP contribution in [-0.2, 0) is 42.7 Å². The average molecular weight is 901 g/mol. The van der Waals surface area contributed by atoms with Gasteiger partial charge in [-0.2, -0.15) is 0 Å². The van der Waals surface area contributed by atoms with Crippen LogP contribution < -0.4 is 0 Å². The molecule has 5 saturated heterocycles. The Morgan fingerprint density at radius 3 is 1.98 bits per heavy atom. The molecule has 28 unspecified atom stereocenters. The third kappa shape index (κ3) is 7.09. The molecule has 9 rings (SSSR count). The molecular formula is C44H68O19. The fourth-order valence-electron chi connectivity index (χ4n) is 13.7. The summed E-state index contributed by atoms with van der Waals surface area (Å²) in [6, 6.07) is 0. The number of aliphatic hydroxyl groups excluding tert-OH is 10. The quantitative estimate of drug-likeness (QED) is 0.129. The number of hydrogen-bond acceptors (Lipinski definition) is 19. The summed E-state index contributed by atoms with van der Waals surface area (Å²) in [5.41, 5.74) is -0.310. The van der Waals surface area contributed by atoms with Crippen LogP contribution in [0.2, 0.25) is 0 Å². The monoisotopic (exact) mass is 900 g/mol. The predicted molar refractivity (Wildman–Crippen MR) is 211 cm³/mol. The van der Waals surface area contributed by atoms with E-state index in [4.69, 9.17) is 37.9 Å². The normalized spacial score (nSPS) is 59.3. The van der Waals surface area contributed by atoms with Crippen molar-refractivity contribution >= 4 is 5.78 Å². The second-order valence-corrected chi connectivity index (χ2v) is 20.8. The number of ether oxygens (including phenoxy) is 8. The van der Waals surface area contributed by atoms with Gasteiger partial charge in [0.15, 0.2) is 24.7 Å². The summed E-state index contributed by atoms with van der Waals surface area (Å²) in [6.07, 6.45) is -19.6. The van der Waals surface area contributed by atoms with E-state index < -0.39 is 151 Å². The van der Waals surface area contributed by atoms with Gasteiger partial charge in [0, 0.05) is 35.5 Å². The predicted octanol–water partition coefficient (Wildman–Crippen LogP) is -2.03. The Morgan fingerprint density at radius 2 is 1.35 bits per heavy atom. The third-order valence-corrected chi connectivity index (χ3v) is 17.3. The van der Waals surface area contributed by atoms with Gasteiger partial charge in [-0.3, -0.25) is 4.79 Å². The molecule has 9 aliphatic rings. The Hall–Kier alpha value is -1.31. The first kappa shape index (κ1) is 46.8. The van der Waals surface area contributed by atoms with E-state index in [1.807, 2.05) is 13.8 Å². The Labute approximate surface area is 366 Å². The summed E-state index contributed by atoms with van der Waals surface area (Å²) < 4.78 is 49.5. The van der Waals surface area contributed by atoms with Gasteiger partial charge in [-0.05, 0) is 56.8 Å². The van der Waals surface area contributed by atoms with Crippen molar-refractivity contribution in [2.75, 3.05) is 13.2 Å². The van der Waals surface area contributed by atoms with Gasteiger partial charge in [0.2, 0.25) is 5.79 Å². The van der Waals surface area contributed by atoms with Crippen LogP contribution >= 0.6 is 0 Å². The van der Waals surface area contributed by atoms with E-state index in [-0.39, 0.29) is 43.2 Å². The van der Waals surface area contributed by atoms with Crippen molar-refractivity contribution in [2.45, 2.75) is 196 Å². The van der Waals surface area contributed by atoms with Gasteiger partial charge in [0.25, 0.3) is 0 Å². The zero-order valence-corrected chi connectivity index (χ0v) is 36.6. The molecule has 358 valence electrons. The van der Waals surface area contributed by atoms with Crippen molar-refractivity contribution in [3.63, 3.8) is 0 Å². The van der Waals surface area contributed by atoms with Crippen molar-refractivity contribution in [3.05, 3.63) is 11.6 Å². The van der Waals surface area contributed by atoms with Crippen molar-refractivity contribution in [1.82, 2.24) is 0 Å². The molecule has 19 nitrogen and oxygen atoms in total. The van der Waals surface area contributed by atoms with Crippen LogP contribution in [0.1, 0.15) is 73.6 Å². The van der Waals surface area contributed by atoms with Crippen LogP contribution in [0.4, 0.5) is 0 Å². The zero-order chi connectivity index (χ0) is 45.4. The maximum Gasteiger partial charge on any atom is 0.200 e. The second kappa shape index (κ2) is 16.7. The molecule has 0 bridgehead atoms. The van der Waals surface area contributed by atoms with Gasteiger partial charge in [0.1, 0.15) is 67.1 Å². The van der Waals surface area contributed by atoms with Gasteiger partial charge in [-0.25, -0.2) is 0 Å². The lowest BCUT2D eigenvalue weighted by Gasteiger charge is -2.60. The number of aliphatic hydroxyl groups is 10. The number of allylic oxidation sites excluding steroid dienone is 1. The minimum absolute atomic E-state index is 0.0766. The van der Waals surface area contributed by atoms with Gasteiger partial charge in [-0.15, -0.1) is 0 Å². The minimum Gasteiger partial charge on any atom is -0.393 e. The van der Waals surface area contributed by atoms with Crippen LogP contribution in [-0.4, -0.2) is 192 Å². The highest BCUT2D eigenvalue weighted by Gasteiger charge is 2.75. The van der Waals surface area contributed by atoms with Crippen LogP contribution in [0.25, 0.3) is 0 Å². The molecule has 19 heteroatoms. The minimum atomic E-state index is -1.70. The number of fused-ring (bicyclic) bond motifs is 7. The summed E-state index contributed by atoms with van der Waals surface area (Å²) in [5, 5.41) is 108. The van der Waals surface area contributed by atoms with E-state index in [0.717, 1.165) is 5.57 Å². The van der Waals surface area contributed by atoms with Crippen molar-refractivity contribution in [1.29, 1.82) is 0 Å². The van der Waals surface area contributed by atoms with Gasteiger partial charge >= 0.3 is 0 Å². The summed E-state index contributed by atoms with van der Waals surface area (Å²) in [6.45, 7) is 10.8. The molecule has 0 radical (unpaired) electrons. The molecule has 0 aromatic heterocycles. The molecule has 0 amide bonds. The largest absolute Gasteiger partial charge is 0.393 e. The van der Waals surface area contributed by atoms with E-state index in [0.29, 0.717) is 25.7 Å². The third-order valence-electron chi connectivity index (χ3n) is 17.3. The number of ketones is 1. The highest BCUT2D eigenvalue weighted by atomic mass is 16.8. The summed E-state index contributed by atoms with van der Waals surface area (Å²) in [4.78, 5) is 15.0. The first-order valence-electron chi connectivity index (χ1n) is 22.9. The number of carbonyl (C=O) groups is 1. The summed E-state index contributed by atoms with van der Waals surface area (Å²) in [5.74, 6) is -3.61. The van der Waals surface area contributed by atoms with E-state index in [1.165, 1.54) is 6.92 Å². The zero-order valence-electron chi connectivity index (χ0n) is 36.6. The van der Waals surface area contributed by atoms with Gasteiger partial charge in [-0.1, -0.05) is 39.3 Å². The molecule has 0 aromatic rings. The Kier molecular flexibility index (Phi) is 12.4. The molecule has 63 heavy (non-hydrogen) atoms. The average Bonchev–Trinajstić information content (AvgIpc) is 3.67. The van der Waals surface area contributed by atoms with Gasteiger partial charge < -0.3 is 89.0 Å². The maximum absolute atomic E-state index is 15.0. The van der Waals surface area contributed by atoms with E-state index >= 15 is 4.79 Å². The lowest BCUT2D eigenvalue weighted by atomic mass is 9.46. The first-order valence-corrected chi connectivity index (χ1v) is 22.9. The highest BCUT2D eigenvalue weighted by molar-refractivity contribution is 5.90. The lowest BCUT2D eigenvalue weighted by Crippen LogP contribution is -2.65. The van der Waals surface area contributed by atoms with Crippen molar-refractivity contribution < 1.29 is 93.8 Å². The van der Waals surface area contributed by atoms with E-state index in [2.05, 4.69) is 19.9 Å². The molecule has 4 aliphatic carbocycles. The SMILES string of the molecule is CC1COC2(OC3C(=O)C4C5CC=C6CC(O)CC(OC7OCC(O)C(O)C7OC7OC(C)C(O)C(O)C7O)C6(C)C5CCC4(C)C3C2C)C(O)C1OC1OC(C)C(O)C(O)C1O. The summed E-state index contributed by atoms with van der Waals surface area (Å²) in [7, 11) is 0. The van der Waals surface area contributed by atoms with Gasteiger partial charge in [0.05, 0.1) is 43.7 Å². The van der Waals surface area contributed by atoms with E-state index in [1.54, 1.807) is 6.92 Å². The Bertz CT molecular complexity index is 1740. The number of carbonyl (C=O) groups excluding carboxylic acids is 1. The van der Waals surface area contributed by atoms with Crippen LogP contribution in [0, 0.1) is 46.3 Å². The molecule has 0 aromatic carbocycles. The standard InChI is InChI=1S/C44H68O19/c1-15-13-57-44(38(55)35(15)61-39-33(53)31(51)27(47)17(3)58-39)16(2)25-36(63-44)30(50)26-21-8-7-19-11-20(45)12-24(43(19,6)22(21)9-10-42(25,26)5)60-41-37(29(49)23(46)14-56-41)62-40-34(54)32(52)28(48)18(4)59-40/h7,15-18,20-29,31-41,45-49,51-55H,8-14H2,1-6H3. The van der Waals surface area contributed by atoms with Crippen molar-refractivity contribution in [2.24, 2.45) is 46.3 Å². The molecule has 5 aliphatic heterocycles. The number of Topliss-reactive ketones (excluding diaryl/α,β-unsaturated/α-hetero) is 1.